The zero-order valence-electron chi connectivity index (χ0n) is 10.4. The van der Waals surface area contributed by atoms with E-state index in [1.807, 2.05) is 12.1 Å². The van der Waals surface area contributed by atoms with E-state index in [1.54, 1.807) is 11.3 Å². The van der Waals surface area contributed by atoms with Gasteiger partial charge in [-0.2, -0.15) is 0 Å². The predicted molar refractivity (Wildman–Crippen MR) is 83.2 cm³/mol. The molecule has 3 aromatic rings. The molecule has 2 aromatic heterocycles. The van der Waals surface area contributed by atoms with Crippen LogP contribution in [0.1, 0.15) is 15.2 Å². The van der Waals surface area contributed by atoms with Crippen LogP contribution in [-0.2, 0) is 0 Å². The van der Waals surface area contributed by atoms with Crippen molar-refractivity contribution in [2.24, 2.45) is 0 Å². The van der Waals surface area contributed by atoms with E-state index in [2.05, 4.69) is 43.3 Å². The summed E-state index contributed by atoms with van der Waals surface area (Å²) in [7, 11) is 0. The van der Waals surface area contributed by atoms with Crippen molar-refractivity contribution in [3.63, 3.8) is 0 Å². The molecule has 1 aromatic carbocycles. The summed E-state index contributed by atoms with van der Waals surface area (Å²) < 4.78 is 0. The molecule has 3 rings (SSSR count). The van der Waals surface area contributed by atoms with Gasteiger partial charge >= 0.3 is 0 Å². The first kappa shape index (κ1) is 12.3. The van der Waals surface area contributed by atoms with Crippen LogP contribution in [0, 0.1) is 6.92 Å². The molecule has 0 aliphatic heterocycles. The molecule has 0 radical (unpaired) electrons. The number of aldehydes is 1. The van der Waals surface area contributed by atoms with Gasteiger partial charge in [-0.3, -0.25) is 4.79 Å². The lowest BCUT2D eigenvalue weighted by molar-refractivity contribution is 0.112. The van der Waals surface area contributed by atoms with Gasteiger partial charge in [-0.15, -0.1) is 22.7 Å². The number of rotatable bonds is 3. The third kappa shape index (κ3) is 2.53. The fourth-order valence-electron chi connectivity index (χ4n) is 1.89. The quantitative estimate of drug-likeness (QED) is 0.599. The first-order valence-corrected chi connectivity index (χ1v) is 7.62. The van der Waals surface area contributed by atoms with Gasteiger partial charge in [-0.05, 0) is 36.8 Å². The molecule has 0 aliphatic rings. The zero-order chi connectivity index (χ0) is 13.2. The van der Waals surface area contributed by atoms with E-state index in [1.165, 1.54) is 32.2 Å². The van der Waals surface area contributed by atoms with Crippen molar-refractivity contribution in [3.05, 3.63) is 59.0 Å². The minimum Gasteiger partial charge on any atom is -0.297 e. The van der Waals surface area contributed by atoms with E-state index in [9.17, 15) is 4.79 Å². The molecule has 0 atom stereocenters. The summed E-state index contributed by atoms with van der Waals surface area (Å²) in [5.74, 6) is 0. The van der Waals surface area contributed by atoms with Crippen molar-refractivity contribution >= 4 is 29.0 Å². The van der Waals surface area contributed by atoms with Gasteiger partial charge in [0.25, 0.3) is 0 Å². The van der Waals surface area contributed by atoms with Gasteiger partial charge in [-0.25, -0.2) is 0 Å². The molecule has 0 aliphatic carbocycles. The summed E-state index contributed by atoms with van der Waals surface area (Å²) in [6.45, 7) is 2.09. The monoisotopic (exact) mass is 284 g/mol. The molecule has 0 saturated heterocycles. The molecular formula is C16H12OS2. The van der Waals surface area contributed by atoms with Crippen LogP contribution in [0.4, 0.5) is 0 Å². The zero-order valence-corrected chi connectivity index (χ0v) is 12.1. The minimum atomic E-state index is 0.778. The Morgan fingerprint density at radius 3 is 2.11 bits per heavy atom. The SMILES string of the molecule is Cc1ccc(-c2ccc(-c3ccc(C=O)s3)s2)cc1. The van der Waals surface area contributed by atoms with E-state index in [-0.39, 0.29) is 0 Å². The number of aryl methyl sites for hydroxylation is 1. The second-order valence-electron chi connectivity index (χ2n) is 4.35. The number of hydrogen-bond donors (Lipinski definition) is 0. The van der Waals surface area contributed by atoms with E-state index in [0.29, 0.717) is 0 Å². The third-order valence-electron chi connectivity index (χ3n) is 2.93. The van der Waals surface area contributed by atoms with Crippen LogP contribution in [0.3, 0.4) is 0 Å². The van der Waals surface area contributed by atoms with E-state index in [4.69, 9.17) is 0 Å². The maximum Gasteiger partial charge on any atom is 0.160 e. The molecule has 0 bridgehead atoms. The Morgan fingerprint density at radius 2 is 1.42 bits per heavy atom. The van der Waals surface area contributed by atoms with E-state index < -0.39 is 0 Å². The summed E-state index contributed by atoms with van der Waals surface area (Å²) in [5.41, 5.74) is 2.52. The smallest absolute Gasteiger partial charge is 0.160 e. The molecule has 94 valence electrons. The Kier molecular flexibility index (Phi) is 3.32. The summed E-state index contributed by atoms with van der Waals surface area (Å²) in [4.78, 5) is 15.1. The number of thiophene rings is 2. The van der Waals surface area contributed by atoms with Crippen molar-refractivity contribution in [2.75, 3.05) is 0 Å². The van der Waals surface area contributed by atoms with Crippen LogP contribution in [0.25, 0.3) is 20.2 Å². The summed E-state index contributed by atoms with van der Waals surface area (Å²) in [6.07, 6.45) is 0.905. The molecule has 0 spiro atoms. The van der Waals surface area contributed by atoms with Gasteiger partial charge in [0.15, 0.2) is 6.29 Å². The van der Waals surface area contributed by atoms with Gasteiger partial charge in [0, 0.05) is 14.6 Å². The third-order valence-corrected chi connectivity index (χ3v) is 5.27. The number of benzene rings is 1. The fourth-order valence-corrected chi connectivity index (χ4v) is 3.82. The summed E-state index contributed by atoms with van der Waals surface area (Å²) in [5, 5.41) is 0. The molecule has 2 heterocycles. The lowest BCUT2D eigenvalue weighted by Gasteiger charge is -1.97. The highest BCUT2D eigenvalue weighted by Crippen LogP contribution is 2.37. The van der Waals surface area contributed by atoms with Crippen molar-refractivity contribution < 1.29 is 4.79 Å². The number of carbonyl (C=O) groups excluding carboxylic acids is 1. The topological polar surface area (TPSA) is 17.1 Å². The van der Waals surface area contributed by atoms with Crippen molar-refractivity contribution in [3.8, 4) is 20.2 Å². The molecular weight excluding hydrogens is 272 g/mol. The average Bonchev–Trinajstić information content (AvgIpc) is 3.08. The van der Waals surface area contributed by atoms with Gasteiger partial charge < -0.3 is 0 Å². The maximum absolute atomic E-state index is 10.7. The van der Waals surface area contributed by atoms with Crippen LogP contribution in [0.15, 0.2) is 48.5 Å². The van der Waals surface area contributed by atoms with Crippen LogP contribution in [-0.4, -0.2) is 6.29 Å². The Morgan fingerprint density at radius 1 is 0.789 bits per heavy atom. The van der Waals surface area contributed by atoms with Crippen LogP contribution in [0.5, 0.6) is 0 Å². The van der Waals surface area contributed by atoms with Crippen LogP contribution < -0.4 is 0 Å². The lowest BCUT2D eigenvalue weighted by Crippen LogP contribution is -1.72. The largest absolute Gasteiger partial charge is 0.297 e. The Labute approximate surface area is 120 Å². The van der Waals surface area contributed by atoms with Crippen LogP contribution in [0.2, 0.25) is 0 Å². The van der Waals surface area contributed by atoms with E-state index in [0.717, 1.165) is 16.0 Å². The minimum absolute atomic E-state index is 0.778. The molecule has 0 saturated carbocycles. The molecule has 3 heteroatoms. The first-order valence-electron chi connectivity index (χ1n) is 5.98. The average molecular weight is 284 g/mol. The molecule has 0 amide bonds. The fraction of sp³-hybridized carbons (Fsp3) is 0.0625. The lowest BCUT2D eigenvalue weighted by atomic mass is 10.1. The van der Waals surface area contributed by atoms with Gasteiger partial charge in [0.05, 0.1) is 4.88 Å². The van der Waals surface area contributed by atoms with Crippen LogP contribution >= 0.6 is 22.7 Å². The molecule has 0 N–H and O–H groups in total. The highest BCUT2D eigenvalue weighted by Gasteiger charge is 2.07. The molecule has 19 heavy (non-hydrogen) atoms. The molecule has 0 fully saturated rings. The van der Waals surface area contributed by atoms with Gasteiger partial charge in [-0.1, -0.05) is 29.8 Å². The predicted octanol–water partition coefficient (Wildman–Crippen LogP) is 5.26. The van der Waals surface area contributed by atoms with Crippen molar-refractivity contribution in [2.45, 2.75) is 6.92 Å². The normalized spacial score (nSPS) is 10.6. The highest BCUT2D eigenvalue weighted by atomic mass is 32.1. The Hall–Kier alpha value is -1.71. The first-order chi connectivity index (χ1) is 9.26. The van der Waals surface area contributed by atoms with Gasteiger partial charge in [0.1, 0.15) is 0 Å². The van der Waals surface area contributed by atoms with E-state index >= 15 is 0 Å². The number of carbonyl (C=O) groups is 1. The Balaban J connectivity index is 1.94. The second-order valence-corrected chi connectivity index (χ2v) is 6.55. The second kappa shape index (κ2) is 5.11. The molecule has 1 nitrogen and oxygen atoms in total. The summed E-state index contributed by atoms with van der Waals surface area (Å²) >= 11 is 3.30. The van der Waals surface area contributed by atoms with Crippen molar-refractivity contribution in [1.82, 2.24) is 0 Å². The number of hydrogen-bond acceptors (Lipinski definition) is 3. The Bertz CT molecular complexity index is 704. The van der Waals surface area contributed by atoms with Crippen molar-refractivity contribution in [1.29, 1.82) is 0 Å². The van der Waals surface area contributed by atoms with Gasteiger partial charge in [0.2, 0.25) is 0 Å². The standard InChI is InChI=1S/C16H12OS2/c1-11-2-4-12(5-3-11)14-8-9-16(19-14)15-7-6-13(10-17)18-15/h2-10H,1H3. The highest BCUT2D eigenvalue weighted by molar-refractivity contribution is 7.24. The molecule has 0 unspecified atom stereocenters. The maximum atomic E-state index is 10.7. The summed E-state index contributed by atoms with van der Waals surface area (Å²) in [6, 6.07) is 16.7.